The number of aryl methyl sites for hydroxylation is 1. The molecule has 0 amide bonds. The molecule has 0 aliphatic rings. The maximum atomic E-state index is 12.4. The van der Waals surface area contributed by atoms with Gasteiger partial charge in [-0.25, -0.2) is 0 Å². The number of hydrogen-bond donors (Lipinski definition) is 0. The number of benzene rings is 1. The van der Waals surface area contributed by atoms with Crippen LogP contribution in [0.15, 0.2) is 18.2 Å². The minimum atomic E-state index is -4.88. The molecule has 0 fully saturated rings. The molecule has 0 unspecified atom stereocenters. The van der Waals surface area contributed by atoms with Gasteiger partial charge in [-0.3, -0.25) is 4.79 Å². The van der Waals surface area contributed by atoms with Gasteiger partial charge in [0.1, 0.15) is 5.75 Å². The molecule has 0 N–H and O–H groups in total. The minimum absolute atomic E-state index is 0.0489. The van der Waals surface area contributed by atoms with Crippen LogP contribution in [0.25, 0.3) is 0 Å². The summed E-state index contributed by atoms with van der Waals surface area (Å²) in [5.41, 5.74) is 0.270. The molecule has 5 heteroatoms. The number of rotatable bonds is 4. The van der Waals surface area contributed by atoms with E-state index in [-0.39, 0.29) is 5.75 Å². The quantitative estimate of drug-likeness (QED) is 0.761. The predicted octanol–water partition coefficient (Wildman–Crippen LogP) is 3.39. The fourth-order valence-electron chi connectivity index (χ4n) is 1.53. The standard InChI is InChI=1S/C12H13F3O2/c1-3-4-8-5-6-10(17-2)9(7-8)11(16)12(13,14)15/h5-7H,3-4H2,1-2H3. The highest BCUT2D eigenvalue weighted by atomic mass is 19.4. The lowest BCUT2D eigenvalue weighted by Gasteiger charge is -2.11. The van der Waals surface area contributed by atoms with Crippen LogP contribution < -0.4 is 4.74 Å². The molecule has 0 bridgehead atoms. The Bertz CT molecular complexity index is 411. The fraction of sp³-hybridized carbons (Fsp3) is 0.417. The summed E-state index contributed by atoms with van der Waals surface area (Å²) in [5.74, 6) is -1.92. The van der Waals surface area contributed by atoms with E-state index in [4.69, 9.17) is 4.74 Å². The first-order valence-electron chi connectivity index (χ1n) is 5.18. The fourth-order valence-corrected chi connectivity index (χ4v) is 1.53. The molecule has 2 nitrogen and oxygen atoms in total. The van der Waals surface area contributed by atoms with Crippen LogP contribution in [-0.4, -0.2) is 19.1 Å². The monoisotopic (exact) mass is 246 g/mol. The minimum Gasteiger partial charge on any atom is -0.496 e. The van der Waals surface area contributed by atoms with Gasteiger partial charge in [-0.05, 0) is 24.1 Å². The Balaban J connectivity index is 3.19. The van der Waals surface area contributed by atoms with Crippen molar-refractivity contribution in [2.75, 3.05) is 7.11 Å². The van der Waals surface area contributed by atoms with E-state index in [2.05, 4.69) is 0 Å². The van der Waals surface area contributed by atoms with Crippen LogP contribution in [-0.2, 0) is 6.42 Å². The van der Waals surface area contributed by atoms with Crippen LogP contribution in [0.5, 0.6) is 5.75 Å². The summed E-state index contributed by atoms with van der Waals surface area (Å²) in [6, 6.07) is 4.30. The Morgan fingerprint density at radius 1 is 1.35 bits per heavy atom. The van der Waals surface area contributed by atoms with Gasteiger partial charge in [0.15, 0.2) is 0 Å². The van der Waals surface area contributed by atoms with Gasteiger partial charge in [-0.1, -0.05) is 19.4 Å². The van der Waals surface area contributed by atoms with Gasteiger partial charge < -0.3 is 4.74 Å². The van der Waals surface area contributed by atoms with Gasteiger partial charge in [0.05, 0.1) is 12.7 Å². The van der Waals surface area contributed by atoms with E-state index in [0.717, 1.165) is 6.42 Å². The molecule has 1 rings (SSSR count). The first-order chi connectivity index (χ1) is 7.90. The summed E-state index contributed by atoms with van der Waals surface area (Å²) in [7, 11) is 1.24. The van der Waals surface area contributed by atoms with Gasteiger partial charge in [-0.15, -0.1) is 0 Å². The van der Waals surface area contributed by atoms with Gasteiger partial charge >= 0.3 is 6.18 Å². The summed E-state index contributed by atoms with van der Waals surface area (Å²) < 4.78 is 41.9. The van der Waals surface area contributed by atoms with Crippen molar-refractivity contribution in [3.05, 3.63) is 29.3 Å². The molecule has 0 aliphatic carbocycles. The van der Waals surface area contributed by atoms with Crippen LogP contribution in [0.1, 0.15) is 29.3 Å². The third-order valence-corrected chi connectivity index (χ3v) is 2.30. The number of Topliss-reactive ketones (excluding diaryl/α,β-unsaturated/α-hetero) is 1. The number of ketones is 1. The normalized spacial score (nSPS) is 11.4. The van der Waals surface area contributed by atoms with Gasteiger partial charge in [0.2, 0.25) is 0 Å². The summed E-state index contributed by atoms with van der Waals surface area (Å²) in [4.78, 5) is 11.2. The molecule has 1 aromatic rings. The first-order valence-corrected chi connectivity index (χ1v) is 5.18. The van der Waals surface area contributed by atoms with E-state index in [0.29, 0.717) is 12.0 Å². The molecule has 1 aromatic carbocycles. The molecule has 0 saturated heterocycles. The molecule has 0 heterocycles. The van der Waals surface area contributed by atoms with Crippen LogP contribution in [0.2, 0.25) is 0 Å². The molecule has 94 valence electrons. The van der Waals surface area contributed by atoms with E-state index >= 15 is 0 Å². The smallest absolute Gasteiger partial charge is 0.455 e. The van der Waals surface area contributed by atoms with Crippen molar-refractivity contribution in [2.24, 2.45) is 0 Å². The Kier molecular flexibility index (Phi) is 4.15. The number of hydrogen-bond acceptors (Lipinski definition) is 2. The number of ether oxygens (including phenoxy) is 1. The second-order valence-corrected chi connectivity index (χ2v) is 3.61. The number of methoxy groups -OCH3 is 1. The zero-order chi connectivity index (χ0) is 13.1. The molecule has 0 atom stereocenters. The van der Waals surface area contributed by atoms with Crippen LogP contribution >= 0.6 is 0 Å². The summed E-state index contributed by atoms with van der Waals surface area (Å²) in [6.07, 6.45) is -3.45. The second-order valence-electron chi connectivity index (χ2n) is 3.61. The number of carbonyl (C=O) groups excluding carboxylic acids is 1. The lowest BCUT2D eigenvalue weighted by atomic mass is 10.0. The Labute approximate surface area is 97.4 Å². The molecule has 0 spiro atoms. The summed E-state index contributed by atoms with van der Waals surface area (Å²) in [6.45, 7) is 1.91. The maximum absolute atomic E-state index is 12.4. The zero-order valence-electron chi connectivity index (χ0n) is 9.60. The van der Waals surface area contributed by atoms with Crippen LogP contribution in [0.3, 0.4) is 0 Å². The van der Waals surface area contributed by atoms with E-state index in [9.17, 15) is 18.0 Å². The van der Waals surface area contributed by atoms with Gasteiger partial charge in [-0.2, -0.15) is 13.2 Å². The van der Waals surface area contributed by atoms with Crippen molar-refractivity contribution in [2.45, 2.75) is 25.9 Å². The third-order valence-electron chi connectivity index (χ3n) is 2.30. The van der Waals surface area contributed by atoms with E-state index < -0.39 is 17.5 Å². The van der Waals surface area contributed by atoms with Crippen LogP contribution in [0.4, 0.5) is 13.2 Å². The topological polar surface area (TPSA) is 26.3 Å². The van der Waals surface area contributed by atoms with Crippen molar-refractivity contribution in [1.29, 1.82) is 0 Å². The average molecular weight is 246 g/mol. The van der Waals surface area contributed by atoms with Crippen molar-refractivity contribution in [3.63, 3.8) is 0 Å². The van der Waals surface area contributed by atoms with Crippen molar-refractivity contribution in [3.8, 4) is 5.75 Å². The van der Waals surface area contributed by atoms with Crippen LogP contribution in [0, 0.1) is 0 Å². The summed E-state index contributed by atoms with van der Waals surface area (Å²) in [5, 5.41) is 0. The number of halogens is 3. The number of carbonyl (C=O) groups is 1. The molecule has 0 saturated carbocycles. The lowest BCUT2D eigenvalue weighted by molar-refractivity contribution is -0.0886. The molecular weight excluding hydrogens is 233 g/mol. The van der Waals surface area contributed by atoms with Gasteiger partial charge in [0, 0.05) is 0 Å². The summed E-state index contributed by atoms with van der Waals surface area (Å²) >= 11 is 0. The van der Waals surface area contributed by atoms with Gasteiger partial charge in [0.25, 0.3) is 5.78 Å². The lowest BCUT2D eigenvalue weighted by Crippen LogP contribution is -2.23. The van der Waals surface area contributed by atoms with Crippen molar-refractivity contribution in [1.82, 2.24) is 0 Å². The third kappa shape index (κ3) is 3.22. The second kappa shape index (κ2) is 5.21. The highest BCUT2D eigenvalue weighted by Crippen LogP contribution is 2.28. The maximum Gasteiger partial charge on any atom is 0.455 e. The molecule has 17 heavy (non-hydrogen) atoms. The SMILES string of the molecule is CCCc1ccc(OC)c(C(=O)C(F)(F)F)c1. The Hall–Kier alpha value is -1.52. The molecular formula is C12H13F3O2. The Morgan fingerprint density at radius 2 is 2.00 bits per heavy atom. The predicted molar refractivity (Wildman–Crippen MR) is 57.4 cm³/mol. The van der Waals surface area contributed by atoms with Crippen molar-refractivity contribution < 1.29 is 22.7 Å². The van der Waals surface area contributed by atoms with Crippen molar-refractivity contribution >= 4 is 5.78 Å². The Morgan fingerprint density at radius 3 is 2.47 bits per heavy atom. The largest absolute Gasteiger partial charge is 0.496 e. The highest BCUT2D eigenvalue weighted by Gasteiger charge is 2.40. The van der Waals surface area contributed by atoms with E-state index in [1.54, 1.807) is 6.07 Å². The first kappa shape index (κ1) is 13.5. The average Bonchev–Trinajstić information content (AvgIpc) is 2.27. The highest BCUT2D eigenvalue weighted by molar-refractivity contribution is 6.02. The molecule has 0 aliphatic heterocycles. The van der Waals surface area contributed by atoms with E-state index in [1.807, 2.05) is 6.92 Å². The molecule has 0 radical (unpaired) electrons. The zero-order valence-corrected chi connectivity index (χ0v) is 9.60. The number of alkyl halides is 3. The molecule has 0 aromatic heterocycles. The van der Waals surface area contributed by atoms with E-state index in [1.165, 1.54) is 19.2 Å².